The molecule has 1 aliphatic rings. The Morgan fingerprint density at radius 3 is 3.00 bits per heavy atom. The average Bonchev–Trinajstić information content (AvgIpc) is 3.15. The van der Waals surface area contributed by atoms with Crippen LogP contribution in [0.5, 0.6) is 0 Å². The van der Waals surface area contributed by atoms with Crippen LogP contribution < -0.4 is 10.6 Å². The number of nitrogens with zero attached hydrogens (tertiary/aromatic N) is 2. The number of nitro benzene ring substituents is 1. The van der Waals surface area contributed by atoms with Crippen molar-refractivity contribution in [2.45, 2.75) is 25.3 Å². The van der Waals surface area contributed by atoms with Gasteiger partial charge in [0.05, 0.1) is 4.92 Å². The highest BCUT2D eigenvalue weighted by molar-refractivity contribution is 5.84. The van der Waals surface area contributed by atoms with E-state index in [1.54, 1.807) is 12.1 Å². The van der Waals surface area contributed by atoms with Crippen molar-refractivity contribution in [1.29, 1.82) is 0 Å². The number of hydrogen-bond acceptors (Lipinski definition) is 6. The number of carbonyl (C=O) groups excluding carboxylic acids is 1. The minimum absolute atomic E-state index is 0.0212. The lowest BCUT2D eigenvalue weighted by Crippen LogP contribution is -2.27. The van der Waals surface area contributed by atoms with E-state index < -0.39 is 4.92 Å². The van der Waals surface area contributed by atoms with Gasteiger partial charge in [-0.25, -0.2) is 0 Å². The lowest BCUT2D eigenvalue weighted by atomic mass is 10.3. The number of para-hydroxylation sites is 1. The predicted molar refractivity (Wildman–Crippen MR) is 74.9 cm³/mol. The number of hydrogen-bond donors (Lipinski definition) is 2. The molecule has 1 fully saturated rings. The van der Waals surface area contributed by atoms with Crippen molar-refractivity contribution in [1.82, 2.24) is 10.3 Å². The van der Waals surface area contributed by atoms with Gasteiger partial charge in [0.15, 0.2) is 11.1 Å². The number of nitrogens with one attached hydrogen (secondary N) is 2. The van der Waals surface area contributed by atoms with E-state index in [9.17, 15) is 14.9 Å². The van der Waals surface area contributed by atoms with E-state index in [0.717, 1.165) is 12.8 Å². The van der Waals surface area contributed by atoms with Crippen molar-refractivity contribution >= 4 is 28.7 Å². The molecule has 0 unspecified atom stereocenters. The lowest BCUT2D eigenvalue weighted by Gasteiger charge is -2.02. The van der Waals surface area contributed by atoms with Crippen LogP contribution in [-0.4, -0.2) is 28.4 Å². The van der Waals surface area contributed by atoms with Gasteiger partial charge in [-0.15, -0.1) is 0 Å². The van der Waals surface area contributed by atoms with Gasteiger partial charge in [-0.3, -0.25) is 14.9 Å². The third-order valence-electron chi connectivity index (χ3n) is 3.17. The summed E-state index contributed by atoms with van der Waals surface area (Å²) in [4.78, 5) is 25.9. The third kappa shape index (κ3) is 3.10. The van der Waals surface area contributed by atoms with E-state index in [0.29, 0.717) is 24.6 Å². The second kappa shape index (κ2) is 5.39. The highest BCUT2D eigenvalue weighted by Crippen LogP contribution is 2.27. The molecule has 0 spiro atoms. The number of carbonyl (C=O) groups is 1. The zero-order valence-electron chi connectivity index (χ0n) is 11.2. The molecule has 0 atom stereocenters. The maximum atomic E-state index is 11.5. The van der Waals surface area contributed by atoms with Crippen LogP contribution in [0, 0.1) is 10.1 Å². The molecule has 1 saturated carbocycles. The van der Waals surface area contributed by atoms with Crippen molar-refractivity contribution in [3.63, 3.8) is 0 Å². The molecule has 1 aromatic heterocycles. The minimum Gasteiger partial charge on any atom is -0.423 e. The molecular weight excluding hydrogens is 276 g/mol. The Hall–Kier alpha value is -2.64. The summed E-state index contributed by atoms with van der Waals surface area (Å²) < 4.78 is 5.38. The third-order valence-corrected chi connectivity index (χ3v) is 3.17. The largest absolute Gasteiger partial charge is 0.423 e. The molecule has 0 radical (unpaired) electrons. The van der Waals surface area contributed by atoms with Crippen LogP contribution in [0.1, 0.15) is 19.3 Å². The number of non-ortho nitro benzene ring substituents is 1. The molecule has 1 heterocycles. The van der Waals surface area contributed by atoms with Gasteiger partial charge in [-0.05, 0) is 18.9 Å². The first-order chi connectivity index (χ1) is 10.1. The van der Waals surface area contributed by atoms with Crippen molar-refractivity contribution in [3.8, 4) is 0 Å². The second-order valence-corrected chi connectivity index (χ2v) is 4.92. The van der Waals surface area contributed by atoms with E-state index in [4.69, 9.17) is 4.42 Å². The smallest absolute Gasteiger partial charge is 0.298 e. The fraction of sp³-hybridized carbons (Fsp3) is 0.385. The Labute approximate surface area is 119 Å². The molecule has 1 aromatic carbocycles. The lowest BCUT2D eigenvalue weighted by molar-refractivity contribution is -0.383. The summed E-state index contributed by atoms with van der Waals surface area (Å²) in [6.07, 6.45) is 2.40. The summed E-state index contributed by atoms with van der Waals surface area (Å²) >= 11 is 0. The molecule has 0 saturated heterocycles. The van der Waals surface area contributed by atoms with Crippen LogP contribution in [0.25, 0.3) is 11.1 Å². The maximum absolute atomic E-state index is 11.5. The van der Waals surface area contributed by atoms with E-state index in [1.807, 2.05) is 0 Å². The fourth-order valence-corrected chi connectivity index (χ4v) is 1.97. The van der Waals surface area contributed by atoms with Crippen LogP contribution in [-0.2, 0) is 4.79 Å². The molecule has 8 nitrogen and oxygen atoms in total. The van der Waals surface area contributed by atoms with Gasteiger partial charge >= 0.3 is 0 Å². The van der Waals surface area contributed by atoms with Crippen molar-refractivity contribution < 1.29 is 14.1 Å². The molecular formula is C13H14N4O4. The monoisotopic (exact) mass is 290 g/mol. The molecule has 2 aromatic rings. The summed E-state index contributed by atoms with van der Waals surface area (Å²) in [6, 6.07) is 5.04. The molecule has 8 heteroatoms. The molecule has 0 aliphatic heterocycles. The van der Waals surface area contributed by atoms with E-state index in [-0.39, 0.29) is 23.1 Å². The SMILES string of the molecule is O=C(CCNc1nc2c([N+](=O)[O-])cccc2o1)NC1CC1. The Morgan fingerprint density at radius 2 is 2.29 bits per heavy atom. The summed E-state index contributed by atoms with van der Waals surface area (Å²) in [5.74, 6) is -0.0212. The van der Waals surface area contributed by atoms with Gasteiger partial charge in [0.25, 0.3) is 11.7 Å². The summed E-state index contributed by atoms with van der Waals surface area (Å²) in [7, 11) is 0. The number of nitro groups is 1. The van der Waals surface area contributed by atoms with Crippen molar-refractivity contribution in [3.05, 3.63) is 28.3 Å². The zero-order valence-corrected chi connectivity index (χ0v) is 11.2. The summed E-state index contributed by atoms with van der Waals surface area (Å²) in [6.45, 7) is 0.360. The van der Waals surface area contributed by atoms with E-state index in [1.165, 1.54) is 6.07 Å². The molecule has 2 N–H and O–H groups in total. The number of amides is 1. The summed E-state index contributed by atoms with van der Waals surface area (Å²) in [5.41, 5.74) is 0.442. The second-order valence-electron chi connectivity index (χ2n) is 4.92. The predicted octanol–water partition coefficient (Wildman–Crippen LogP) is 1.82. The molecule has 0 bridgehead atoms. The highest BCUT2D eigenvalue weighted by Gasteiger charge is 2.23. The molecule has 1 amide bonds. The molecule has 1 aliphatic carbocycles. The van der Waals surface area contributed by atoms with E-state index >= 15 is 0 Å². The first-order valence-electron chi connectivity index (χ1n) is 6.70. The number of oxazole rings is 1. The van der Waals surface area contributed by atoms with Crippen molar-refractivity contribution in [2.75, 3.05) is 11.9 Å². The highest BCUT2D eigenvalue weighted by atomic mass is 16.6. The Kier molecular flexibility index (Phi) is 3.43. The number of rotatable bonds is 6. The number of aromatic nitrogens is 1. The normalized spacial score (nSPS) is 14.1. The number of fused-ring (bicyclic) bond motifs is 1. The fourth-order valence-electron chi connectivity index (χ4n) is 1.97. The van der Waals surface area contributed by atoms with Gasteiger partial charge in [-0.2, -0.15) is 4.98 Å². The van der Waals surface area contributed by atoms with Gasteiger partial charge in [-0.1, -0.05) is 6.07 Å². The van der Waals surface area contributed by atoms with Crippen LogP contribution >= 0.6 is 0 Å². The first kappa shape index (κ1) is 13.3. The quantitative estimate of drug-likeness (QED) is 0.620. The number of anilines is 1. The van der Waals surface area contributed by atoms with Crippen LogP contribution in [0.2, 0.25) is 0 Å². The molecule has 21 heavy (non-hydrogen) atoms. The summed E-state index contributed by atoms with van der Waals surface area (Å²) in [5, 5.41) is 16.6. The van der Waals surface area contributed by atoms with Gasteiger partial charge in [0.1, 0.15) is 0 Å². The van der Waals surface area contributed by atoms with Gasteiger partial charge in [0.2, 0.25) is 5.91 Å². The van der Waals surface area contributed by atoms with Crippen LogP contribution in [0.3, 0.4) is 0 Å². The Balaban J connectivity index is 1.63. The topological polar surface area (TPSA) is 110 Å². The average molecular weight is 290 g/mol. The maximum Gasteiger partial charge on any atom is 0.298 e. The number of benzene rings is 1. The van der Waals surface area contributed by atoms with Gasteiger partial charge in [0, 0.05) is 25.1 Å². The molecule has 3 rings (SSSR count). The van der Waals surface area contributed by atoms with E-state index in [2.05, 4.69) is 15.6 Å². The van der Waals surface area contributed by atoms with Gasteiger partial charge < -0.3 is 15.1 Å². The minimum atomic E-state index is -0.502. The molecule has 110 valence electrons. The zero-order chi connectivity index (χ0) is 14.8. The Morgan fingerprint density at radius 1 is 1.48 bits per heavy atom. The van der Waals surface area contributed by atoms with Crippen LogP contribution in [0.15, 0.2) is 22.6 Å². The Bertz CT molecular complexity index is 693. The standard InChI is InChI=1S/C13H14N4O4/c18-11(15-8-4-5-8)6-7-14-13-16-12-9(17(19)20)2-1-3-10(12)21-13/h1-3,8H,4-7H2,(H,14,16)(H,15,18). The van der Waals surface area contributed by atoms with Crippen molar-refractivity contribution in [2.24, 2.45) is 0 Å². The van der Waals surface area contributed by atoms with Crippen LogP contribution in [0.4, 0.5) is 11.7 Å². The first-order valence-corrected chi connectivity index (χ1v) is 6.70.